The number of hydrogen-bond donors (Lipinski definition) is 0. The number of carbonyl (C=O) groups excluding carboxylic acids is 1. The minimum absolute atomic E-state index is 0.0980. The molecule has 0 aliphatic heterocycles. The van der Waals surface area contributed by atoms with Gasteiger partial charge in [0.05, 0.1) is 14.2 Å². The van der Waals surface area contributed by atoms with Gasteiger partial charge in [0, 0.05) is 6.42 Å². The Morgan fingerprint density at radius 2 is 1.94 bits per heavy atom. The SMILES string of the molecule is COc1cc(CCC=O)c(F)c(OC)c1F. The number of methoxy groups -OCH3 is 2. The summed E-state index contributed by atoms with van der Waals surface area (Å²) in [6.07, 6.45) is 1.01. The Labute approximate surface area is 92.0 Å². The maximum Gasteiger partial charge on any atom is 0.209 e. The summed E-state index contributed by atoms with van der Waals surface area (Å²) in [5, 5.41) is 0. The zero-order valence-electron chi connectivity index (χ0n) is 9.05. The Morgan fingerprint density at radius 3 is 2.44 bits per heavy atom. The van der Waals surface area contributed by atoms with Crippen LogP contribution in [0.4, 0.5) is 8.78 Å². The van der Waals surface area contributed by atoms with E-state index in [1.165, 1.54) is 20.3 Å². The second kappa shape index (κ2) is 5.44. The summed E-state index contributed by atoms with van der Waals surface area (Å²) in [4.78, 5) is 10.2. The quantitative estimate of drug-likeness (QED) is 0.727. The van der Waals surface area contributed by atoms with Gasteiger partial charge in [-0.05, 0) is 18.1 Å². The molecule has 3 nitrogen and oxygen atoms in total. The number of hydrogen-bond acceptors (Lipinski definition) is 3. The molecule has 0 aromatic heterocycles. The van der Waals surface area contributed by atoms with Crippen molar-refractivity contribution < 1.29 is 23.0 Å². The molecule has 0 atom stereocenters. The van der Waals surface area contributed by atoms with E-state index in [0.29, 0.717) is 6.29 Å². The molecule has 0 unspecified atom stereocenters. The Bertz CT molecular complexity index is 391. The molecule has 1 aromatic rings. The van der Waals surface area contributed by atoms with Gasteiger partial charge in [0.25, 0.3) is 0 Å². The number of carbonyl (C=O) groups is 1. The third kappa shape index (κ3) is 2.29. The van der Waals surface area contributed by atoms with Crippen LogP contribution in [0.2, 0.25) is 0 Å². The van der Waals surface area contributed by atoms with Crippen LogP contribution >= 0.6 is 0 Å². The van der Waals surface area contributed by atoms with Gasteiger partial charge in [-0.1, -0.05) is 0 Å². The lowest BCUT2D eigenvalue weighted by molar-refractivity contribution is -0.107. The summed E-state index contributed by atoms with van der Waals surface area (Å²) in [6.45, 7) is 0. The van der Waals surface area contributed by atoms with Gasteiger partial charge >= 0.3 is 0 Å². The first-order valence-electron chi connectivity index (χ1n) is 4.68. The van der Waals surface area contributed by atoms with Crippen LogP contribution < -0.4 is 9.47 Å². The van der Waals surface area contributed by atoms with Gasteiger partial charge in [-0.15, -0.1) is 0 Å². The molecular formula is C11H12F2O3. The number of aryl methyl sites for hydroxylation is 1. The monoisotopic (exact) mass is 230 g/mol. The maximum atomic E-state index is 13.6. The lowest BCUT2D eigenvalue weighted by atomic mass is 10.1. The van der Waals surface area contributed by atoms with E-state index in [2.05, 4.69) is 4.74 Å². The van der Waals surface area contributed by atoms with E-state index in [1.54, 1.807) is 0 Å². The Morgan fingerprint density at radius 1 is 1.25 bits per heavy atom. The predicted octanol–water partition coefficient (Wildman–Crippen LogP) is 2.11. The highest BCUT2D eigenvalue weighted by Crippen LogP contribution is 2.32. The lowest BCUT2D eigenvalue weighted by Gasteiger charge is -2.11. The molecule has 0 spiro atoms. The molecule has 0 saturated carbocycles. The molecular weight excluding hydrogens is 218 g/mol. The number of aldehydes is 1. The van der Waals surface area contributed by atoms with Crippen molar-refractivity contribution in [1.29, 1.82) is 0 Å². The van der Waals surface area contributed by atoms with Gasteiger partial charge in [0.1, 0.15) is 6.29 Å². The van der Waals surface area contributed by atoms with E-state index in [1.807, 2.05) is 0 Å². The van der Waals surface area contributed by atoms with Crippen molar-refractivity contribution in [2.45, 2.75) is 12.8 Å². The highest BCUT2D eigenvalue weighted by Gasteiger charge is 2.19. The van der Waals surface area contributed by atoms with Crippen molar-refractivity contribution in [2.75, 3.05) is 14.2 Å². The van der Waals surface area contributed by atoms with Gasteiger partial charge in [-0.25, -0.2) is 4.39 Å². The molecule has 5 heteroatoms. The number of ether oxygens (including phenoxy) is 2. The topological polar surface area (TPSA) is 35.5 Å². The first-order chi connectivity index (χ1) is 7.65. The summed E-state index contributed by atoms with van der Waals surface area (Å²) in [6, 6.07) is 1.23. The van der Waals surface area contributed by atoms with Crippen molar-refractivity contribution in [3.8, 4) is 11.5 Å². The average Bonchev–Trinajstić information content (AvgIpc) is 2.29. The second-order valence-corrected chi connectivity index (χ2v) is 3.10. The third-order valence-electron chi connectivity index (χ3n) is 2.16. The summed E-state index contributed by atoms with van der Waals surface area (Å²) in [5.41, 5.74) is 0.196. The molecule has 0 bridgehead atoms. The molecule has 0 N–H and O–H groups in total. The molecule has 0 aliphatic carbocycles. The highest BCUT2D eigenvalue weighted by molar-refractivity contribution is 5.51. The van der Waals surface area contributed by atoms with Crippen molar-refractivity contribution >= 4 is 6.29 Å². The summed E-state index contributed by atoms with van der Waals surface area (Å²) >= 11 is 0. The van der Waals surface area contributed by atoms with Crippen molar-refractivity contribution in [1.82, 2.24) is 0 Å². The van der Waals surface area contributed by atoms with Crippen LogP contribution in [0.25, 0.3) is 0 Å². The Hall–Kier alpha value is -1.65. The smallest absolute Gasteiger partial charge is 0.209 e. The van der Waals surface area contributed by atoms with Crippen LogP contribution in [0, 0.1) is 11.6 Å². The van der Waals surface area contributed by atoms with E-state index < -0.39 is 17.4 Å². The summed E-state index contributed by atoms with van der Waals surface area (Å²) in [5.74, 6) is -2.25. The van der Waals surface area contributed by atoms with Gasteiger partial charge in [0.2, 0.25) is 5.82 Å². The zero-order valence-corrected chi connectivity index (χ0v) is 9.05. The number of benzene rings is 1. The zero-order chi connectivity index (χ0) is 12.1. The van der Waals surface area contributed by atoms with Crippen LogP contribution in [0.3, 0.4) is 0 Å². The van der Waals surface area contributed by atoms with Crippen LogP contribution in [-0.2, 0) is 11.2 Å². The molecule has 1 rings (SSSR count). The fraction of sp³-hybridized carbons (Fsp3) is 0.364. The van der Waals surface area contributed by atoms with Crippen LogP contribution in [0.5, 0.6) is 11.5 Å². The van der Waals surface area contributed by atoms with Crippen molar-refractivity contribution in [2.24, 2.45) is 0 Å². The molecule has 0 aliphatic rings. The molecule has 1 aromatic carbocycles. The second-order valence-electron chi connectivity index (χ2n) is 3.10. The lowest BCUT2D eigenvalue weighted by Crippen LogP contribution is -2.01. The molecule has 0 amide bonds. The minimum Gasteiger partial charge on any atom is -0.494 e. The molecule has 0 radical (unpaired) electrons. The highest BCUT2D eigenvalue weighted by atomic mass is 19.1. The van der Waals surface area contributed by atoms with Crippen molar-refractivity contribution in [3.63, 3.8) is 0 Å². The average molecular weight is 230 g/mol. The maximum absolute atomic E-state index is 13.6. The van der Waals surface area contributed by atoms with E-state index in [9.17, 15) is 13.6 Å². The number of rotatable bonds is 5. The van der Waals surface area contributed by atoms with Gasteiger partial charge in [0.15, 0.2) is 17.3 Å². The third-order valence-corrected chi connectivity index (χ3v) is 2.16. The molecule has 0 fully saturated rings. The molecule has 88 valence electrons. The Balaban J connectivity index is 3.22. The number of halogens is 2. The standard InChI is InChI=1S/C11H12F2O3/c1-15-8-6-7(4-3-5-14)9(12)11(16-2)10(8)13/h5-6H,3-4H2,1-2H3. The van der Waals surface area contributed by atoms with Gasteiger partial charge in [-0.3, -0.25) is 0 Å². The van der Waals surface area contributed by atoms with Crippen LogP contribution in [-0.4, -0.2) is 20.5 Å². The fourth-order valence-corrected chi connectivity index (χ4v) is 1.36. The Kier molecular flexibility index (Phi) is 4.22. The van der Waals surface area contributed by atoms with Crippen LogP contribution in [0.1, 0.15) is 12.0 Å². The van der Waals surface area contributed by atoms with E-state index in [4.69, 9.17) is 4.74 Å². The van der Waals surface area contributed by atoms with E-state index in [-0.39, 0.29) is 24.2 Å². The van der Waals surface area contributed by atoms with Gasteiger partial charge < -0.3 is 14.3 Å². The summed E-state index contributed by atoms with van der Waals surface area (Å²) in [7, 11) is 2.45. The molecule has 0 saturated heterocycles. The van der Waals surface area contributed by atoms with E-state index >= 15 is 0 Å². The largest absolute Gasteiger partial charge is 0.494 e. The first-order valence-corrected chi connectivity index (χ1v) is 4.68. The normalized spacial score (nSPS) is 10.0. The van der Waals surface area contributed by atoms with Crippen LogP contribution in [0.15, 0.2) is 6.07 Å². The molecule has 16 heavy (non-hydrogen) atoms. The fourth-order valence-electron chi connectivity index (χ4n) is 1.36. The molecule has 0 heterocycles. The first kappa shape index (κ1) is 12.4. The minimum atomic E-state index is -0.877. The van der Waals surface area contributed by atoms with E-state index in [0.717, 1.165) is 0 Å². The van der Waals surface area contributed by atoms with Gasteiger partial charge in [-0.2, -0.15) is 4.39 Å². The predicted molar refractivity (Wildman–Crippen MR) is 53.8 cm³/mol. The van der Waals surface area contributed by atoms with Crippen molar-refractivity contribution in [3.05, 3.63) is 23.3 Å². The summed E-state index contributed by atoms with van der Waals surface area (Å²) < 4.78 is 36.5.